The first-order valence-electron chi connectivity index (χ1n) is 6.91. The summed E-state index contributed by atoms with van der Waals surface area (Å²) in [6.07, 6.45) is 0.200. The van der Waals surface area contributed by atoms with Crippen LogP contribution in [0.2, 0.25) is 0 Å². The van der Waals surface area contributed by atoms with Crippen LogP contribution in [0.1, 0.15) is 20.3 Å². The number of nitrogens with zero attached hydrogens (tertiary/aromatic N) is 2. The van der Waals surface area contributed by atoms with Gasteiger partial charge in [0, 0.05) is 31.7 Å². The van der Waals surface area contributed by atoms with Crippen LogP contribution in [0.5, 0.6) is 0 Å². The summed E-state index contributed by atoms with van der Waals surface area (Å²) in [5, 5.41) is 0. The molecule has 0 radical (unpaired) electrons. The number of carbonyl (C=O) groups is 2. The van der Waals surface area contributed by atoms with Crippen molar-refractivity contribution in [3.63, 3.8) is 0 Å². The van der Waals surface area contributed by atoms with Gasteiger partial charge in [-0.15, -0.1) is 0 Å². The van der Waals surface area contributed by atoms with Crippen molar-refractivity contribution in [3.8, 4) is 0 Å². The first-order valence-corrected chi connectivity index (χ1v) is 6.91. The second kappa shape index (κ2) is 6.03. The lowest BCUT2D eigenvalue weighted by molar-refractivity contribution is -0.135. The Bertz CT molecular complexity index is 514. The van der Waals surface area contributed by atoms with Gasteiger partial charge in [0.15, 0.2) is 0 Å². The molecule has 1 unspecified atom stereocenters. The molecule has 0 saturated carbocycles. The van der Waals surface area contributed by atoms with E-state index in [0.29, 0.717) is 25.3 Å². The molecular formula is C15H19FN2O2. The lowest BCUT2D eigenvalue weighted by atomic mass is 10.1. The van der Waals surface area contributed by atoms with Gasteiger partial charge < -0.3 is 9.80 Å². The van der Waals surface area contributed by atoms with Crippen LogP contribution in [0.4, 0.5) is 10.1 Å². The number of benzene rings is 1. The van der Waals surface area contributed by atoms with Gasteiger partial charge in [-0.05, 0) is 32.0 Å². The van der Waals surface area contributed by atoms with E-state index in [-0.39, 0.29) is 30.0 Å². The van der Waals surface area contributed by atoms with E-state index in [2.05, 4.69) is 0 Å². The molecular weight excluding hydrogens is 259 g/mol. The number of amides is 2. The molecule has 2 amide bonds. The Labute approximate surface area is 118 Å². The van der Waals surface area contributed by atoms with Gasteiger partial charge in [-0.25, -0.2) is 4.39 Å². The Morgan fingerprint density at radius 3 is 2.70 bits per heavy atom. The van der Waals surface area contributed by atoms with Crippen LogP contribution in [-0.2, 0) is 9.59 Å². The van der Waals surface area contributed by atoms with Crippen molar-refractivity contribution in [2.45, 2.75) is 20.3 Å². The molecule has 1 fully saturated rings. The second-order valence-electron chi connectivity index (χ2n) is 4.90. The summed E-state index contributed by atoms with van der Waals surface area (Å²) in [5.74, 6) is -0.831. The molecule has 1 atom stereocenters. The van der Waals surface area contributed by atoms with E-state index >= 15 is 0 Å². The lowest BCUT2D eigenvalue weighted by Gasteiger charge is -2.22. The minimum Gasteiger partial charge on any atom is -0.343 e. The largest absolute Gasteiger partial charge is 0.343 e. The predicted octanol–water partition coefficient (Wildman–Crippen LogP) is 2.05. The number of halogens is 1. The summed E-state index contributed by atoms with van der Waals surface area (Å²) < 4.78 is 13.2. The van der Waals surface area contributed by atoms with Gasteiger partial charge in [0.1, 0.15) is 5.82 Å². The third-order valence-electron chi connectivity index (χ3n) is 3.67. The molecule has 1 aromatic rings. The summed E-state index contributed by atoms with van der Waals surface area (Å²) >= 11 is 0. The molecule has 1 aliphatic heterocycles. The summed E-state index contributed by atoms with van der Waals surface area (Å²) in [5.41, 5.74) is 0.518. The number of hydrogen-bond donors (Lipinski definition) is 0. The Morgan fingerprint density at radius 2 is 2.10 bits per heavy atom. The average molecular weight is 278 g/mol. The second-order valence-corrected chi connectivity index (χ2v) is 4.90. The molecule has 1 heterocycles. The fraction of sp³-hybridized carbons (Fsp3) is 0.467. The molecule has 1 aliphatic rings. The quantitative estimate of drug-likeness (QED) is 0.845. The minimum atomic E-state index is -0.381. The van der Waals surface area contributed by atoms with Crippen molar-refractivity contribution in [2.75, 3.05) is 24.5 Å². The highest BCUT2D eigenvalue weighted by Crippen LogP contribution is 2.26. The fourth-order valence-corrected chi connectivity index (χ4v) is 2.56. The monoisotopic (exact) mass is 278 g/mol. The predicted molar refractivity (Wildman–Crippen MR) is 74.8 cm³/mol. The van der Waals surface area contributed by atoms with Crippen molar-refractivity contribution in [3.05, 3.63) is 30.1 Å². The van der Waals surface area contributed by atoms with Gasteiger partial charge in [0.05, 0.1) is 5.92 Å². The molecule has 1 saturated heterocycles. The maximum Gasteiger partial charge on any atom is 0.227 e. The zero-order valence-corrected chi connectivity index (χ0v) is 11.8. The van der Waals surface area contributed by atoms with Gasteiger partial charge in [-0.3, -0.25) is 9.59 Å². The molecule has 108 valence electrons. The van der Waals surface area contributed by atoms with E-state index in [1.807, 2.05) is 13.8 Å². The zero-order chi connectivity index (χ0) is 14.7. The van der Waals surface area contributed by atoms with Crippen LogP contribution >= 0.6 is 0 Å². The van der Waals surface area contributed by atoms with Crippen LogP contribution in [0, 0.1) is 11.7 Å². The van der Waals surface area contributed by atoms with Crippen molar-refractivity contribution in [1.82, 2.24) is 4.90 Å². The molecule has 0 N–H and O–H groups in total. The average Bonchev–Trinajstić information content (AvgIpc) is 2.82. The Kier molecular flexibility index (Phi) is 4.37. The number of anilines is 1. The van der Waals surface area contributed by atoms with Crippen LogP contribution in [-0.4, -0.2) is 36.3 Å². The molecule has 0 aliphatic carbocycles. The van der Waals surface area contributed by atoms with Gasteiger partial charge in [-0.1, -0.05) is 6.07 Å². The Hall–Kier alpha value is -1.91. The molecule has 4 nitrogen and oxygen atoms in total. The lowest BCUT2D eigenvalue weighted by Crippen LogP contribution is -2.37. The molecule has 0 aromatic heterocycles. The van der Waals surface area contributed by atoms with Crippen LogP contribution in [0.25, 0.3) is 0 Å². The Balaban J connectivity index is 2.13. The van der Waals surface area contributed by atoms with Crippen molar-refractivity contribution in [2.24, 2.45) is 5.92 Å². The van der Waals surface area contributed by atoms with Gasteiger partial charge in [0.25, 0.3) is 0 Å². The molecule has 20 heavy (non-hydrogen) atoms. The van der Waals surface area contributed by atoms with Crippen LogP contribution in [0.15, 0.2) is 24.3 Å². The fourth-order valence-electron chi connectivity index (χ4n) is 2.56. The summed E-state index contributed by atoms with van der Waals surface area (Å²) in [7, 11) is 0. The highest BCUT2D eigenvalue weighted by atomic mass is 19.1. The van der Waals surface area contributed by atoms with E-state index < -0.39 is 0 Å². The summed E-state index contributed by atoms with van der Waals surface area (Å²) in [6, 6.07) is 5.91. The van der Waals surface area contributed by atoms with E-state index in [1.54, 1.807) is 17.0 Å². The van der Waals surface area contributed by atoms with Crippen LogP contribution < -0.4 is 4.90 Å². The third kappa shape index (κ3) is 2.81. The van der Waals surface area contributed by atoms with Crippen molar-refractivity contribution >= 4 is 17.5 Å². The summed E-state index contributed by atoms with van der Waals surface area (Å²) in [4.78, 5) is 27.5. The van der Waals surface area contributed by atoms with Crippen molar-refractivity contribution < 1.29 is 14.0 Å². The Morgan fingerprint density at radius 1 is 1.40 bits per heavy atom. The first kappa shape index (κ1) is 14.5. The molecule has 2 rings (SSSR count). The normalized spacial score (nSPS) is 18.4. The minimum absolute atomic E-state index is 0.00209. The molecule has 0 bridgehead atoms. The van der Waals surface area contributed by atoms with E-state index in [0.717, 1.165) is 0 Å². The van der Waals surface area contributed by atoms with Crippen LogP contribution in [0.3, 0.4) is 0 Å². The molecule has 1 aromatic carbocycles. The molecule has 0 spiro atoms. The maximum absolute atomic E-state index is 13.2. The smallest absolute Gasteiger partial charge is 0.227 e. The third-order valence-corrected chi connectivity index (χ3v) is 3.67. The SMILES string of the molecule is CCN(CC)C(=O)C1CC(=O)N(c2cccc(F)c2)C1. The van der Waals surface area contributed by atoms with Crippen molar-refractivity contribution in [1.29, 1.82) is 0 Å². The molecule has 5 heteroatoms. The standard InChI is InChI=1S/C15H19FN2O2/c1-3-17(4-2)15(20)11-8-14(19)18(10-11)13-7-5-6-12(16)9-13/h5-7,9,11H,3-4,8,10H2,1-2H3. The topological polar surface area (TPSA) is 40.6 Å². The maximum atomic E-state index is 13.2. The number of rotatable bonds is 4. The van der Waals surface area contributed by atoms with E-state index in [9.17, 15) is 14.0 Å². The zero-order valence-electron chi connectivity index (χ0n) is 11.8. The van der Waals surface area contributed by atoms with Gasteiger partial charge in [0.2, 0.25) is 11.8 Å². The summed E-state index contributed by atoms with van der Waals surface area (Å²) in [6.45, 7) is 5.45. The number of carbonyl (C=O) groups excluding carboxylic acids is 2. The number of hydrogen-bond acceptors (Lipinski definition) is 2. The van der Waals surface area contributed by atoms with Gasteiger partial charge >= 0.3 is 0 Å². The van der Waals surface area contributed by atoms with E-state index in [1.165, 1.54) is 17.0 Å². The van der Waals surface area contributed by atoms with E-state index in [4.69, 9.17) is 0 Å². The highest BCUT2D eigenvalue weighted by Gasteiger charge is 2.36. The first-order chi connectivity index (χ1) is 9.56. The van der Waals surface area contributed by atoms with Gasteiger partial charge in [-0.2, -0.15) is 0 Å². The highest BCUT2D eigenvalue weighted by molar-refractivity contribution is 6.00.